The van der Waals surface area contributed by atoms with Crippen LogP contribution in [0.1, 0.15) is 258 Å². The minimum Gasteiger partial charge on any atom is -0.462 e. The molecule has 0 amide bonds. The lowest BCUT2D eigenvalue weighted by molar-refractivity contribution is -0.166. The third kappa shape index (κ3) is 60.2. The summed E-state index contributed by atoms with van der Waals surface area (Å²) in [5, 5.41) is 0. The van der Waals surface area contributed by atoms with Crippen LogP contribution in [0.2, 0.25) is 0 Å². The van der Waals surface area contributed by atoms with E-state index in [1.54, 1.807) is 0 Å². The van der Waals surface area contributed by atoms with Crippen molar-refractivity contribution in [2.75, 3.05) is 13.2 Å². The van der Waals surface area contributed by atoms with Crippen molar-refractivity contribution in [3.63, 3.8) is 0 Å². The number of rotatable bonds is 54. The lowest BCUT2D eigenvalue weighted by Crippen LogP contribution is -2.30. The standard InChI is InChI=1S/C70H112O6/c1-4-7-10-13-16-19-22-25-26-27-28-29-30-31-32-33-34-35-36-37-38-39-40-41-42-43-44-46-48-51-54-57-60-63-69(72)75-66-67(65-74-68(71)62-59-56-53-50-47-24-21-18-15-12-9-6-3)76-70(73)64-61-58-55-52-49-45-23-20-17-14-11-8-5-2/h7-8,10-11,16-21,25-26,28-29,31-32,34-35,37-38,45,49,55,58,67H,4-6,9,12-15,22-24,27,30,33,36,39-44,46-48,50-54,56-57,59-66H2,1-3H3/b10-7-,11-8-,19-16-,20-17-,21-18-,26-25-,29-28-,32-31-,35-34-,38-37-,49-45-,58-55-. The topological polar surface area (TPSA) is 78.9 Å². The number of allylic oxidation sites excluding steroid dienone is 24. The molecule has 0 aliphatic heterocycles. The Bertz CT molecular complexity index is 1680. The van der Waals surface area contributed by atoms with Crippen molar-refractivity contribution >= 4 is 17.9 Å². The third-order valence-electron chi connectivity index (χ3n) is 12.6. The van der Waals surface area contributed by atoms with Crippen LogP contribution < -0.4 is 0 Å². The van der Waals surface area contributed by atoms with Crippen LogP contribution >= 0.6 is 0 Å². The van der Waals surface area contributed by atoms with Crippen molar-refractivity contribution in [1.29, 1.82) is 0 Å². The smallest absolute Gasteiger partial charge is 0.306 e. The Kier molecular flexibility index (Phi) is 58.9. The molecule has 0 heterocycles. The minimum absolute atomic E-state index is 0.114. The fourth-order valence-electron chi connectivity index (χ4n) is 8.02. The number of ether oxygens (including phenoxy) is 3. The first kappa shape index (κ1) is 71.3. The largest absolute Gasteiger partial charge is 0.462 e. The van der Waals surface area contributed by atoms with Gasteiger partial charge in [0.25, 0.3) is 0 Å². The normalized spacial score (nSPS) is 13.1. The van der Waals surface area contributed by atoms with Gasteiger partial charge < -0.3 is 14.2 Å². The number of hydrogen-bond acceptors (Lipinski definition) is 6. The van der Waals surface area contributed by atoms with Crippen molar-refractivity contribution in [1.82, 2.24) is 0 Å². The molecular formula is C70H112O6. The molecule has 1 unspecified atom stereocenters. The zero-order chi connectivity index (χ0) is 55.0. The summed E-state index contributed by atoms with van der Waals surface area (Å²) in [5.41, 5.74) is 0. The molecule has 0 aliphatic carbocycles. The predicted octanol–water partition coefficient (Wildman–Crippen LogP) is 21.2. The Hall–Kier alpha value is -4.71. The van der Waals surface area contributed by atoms with Gasteiger partial charge in [0.1, 0.15) is 13.2 Å². The fourth-order valence-corrected chi connectivity index (χ4v) is 8.02. The van der Waals surface area contributed by atoms with Gasteiger partial charge >= 0.3 is 17.9 Å². The molecular weight excluding hydrogens is 937 g/mol. The van der Waals surface area contributed by atoms with Gasteiger partial charge in [-0.15, -0.1) is 0 Å². The van der Waals surface area contributed by atoms with Gasteiger partial charge in [0.15, 0.2) is 6.10 Å². The average Bonchev–Trinajstić information content (AvgIpc) is 3.42. The van der Waals surface area contributed by atoms with Gasteiger partial charge in [-0.3, -0.25) is 14.4 Å². The predicted molar refractivity (Wildman–Crippen MR) is 329 cm³/mol. The van der Waals surface area contributed by atoms with E-state index < -0.39 is 12.1 Å². The van der Waals surface area contributed by atoms with Crippen molar-refractivity contribution < 1.29 is 28.6 Å². The summed E-state index contributed by atoms with van der Waals surface area (Å²) in [6.07, 6.45) is 90.2. The summed E-state index contributed by atoms with van der Waals surface area (Å²) in [6.45, 7) is 6.30. The maximum absolute atomic E-state index is 12.8. The van der Waals surface area contributed by atoms with Crippen LogP contribution in [0.15, 0.2) is 146 Å². The first-order valence-electron chi connectivity index (χ1n) is 30.8. The highest BCUT2D eigenvalue weighted by Crippen LogP contribution is 2.14. The van der Waals surface area contributed by atoms with Crippen molar-refractivity contribution in [3.8, 4) is 0 Å². The average molecular weight is 1050 g/mol. The highest BCUT2D eigenvalue weighted by Gasteiger charge is 2.19. The zero-order valence-corrected chi connectivity index (χ0v) is 49.0. The summed E-state index contributed by atoms with van der Waals surface area (Å²) >= 11 is 0. The summed E-state index contributed by atoms with van der Waals surface area (Å²) < 4.78 is 16.8. The molecule has 0 aromatic rings. The summed E-state index contributed by atoms with van der Waals surface area (Å²) in [7, 11) is 0. The molecule has 0 rings (SSSR count). The van der Waals surface area contributed by atoms with Crippen molar-refractivity contribution in [3.05, 3.63) is 146 Å². The summed E-state index contributed by atoms with van der Waals surface area (Å²) in [4.78, 5) is 38.1. The Morgan fingerprint density at radius 2 is 0.539 bits per heavy atom. The molecule has 1 atom stereocenters. The number of carbonyl (C=O) groups is 3. The van der Waals surface area contributed by atoms with Crippen LogP contribution in [0.25, 0.3) is 0 Å². The van der Waals surface area contributed by atoms with E-state index in [2.05, 4.69) is 154 Å². The highest BCUT2D eigenvalue weighted by molar-refractivity contribution is 5.71. The molecule has 0 saturated carbocycles. The monoisotopic (exact) mass is 1050 g/mol. The second-order valence-electron chi connectivity index (χ2n) is 19.8. The number of unbranched alkanes of at least 4 members (excludes halogenated alkanes) is 19. The lowest BCUT2D eigenvalue weighted by atomic mass is 10.0. The van der Waals surface area contributed by atoms with Crippen LogP contribution in [0.5, 0.6) is 0 Å². The van der Waals surface area contributed by atoms with E-state index in [0.29, 0.717) is 19.3 Å². The number of esters is 3. The van der Waals surface area contributed by atoms with E-state index in [9.17, 15) is 14.4 Å². The van der Waals surface area contributed by atoms with Crippen LogP contribution in [-0.2, 0) is 28.6 Å². The fraction of sp³-hybridized carbons (Fsp3) is 0.614. The van der Waals surface area contributed by atoms with Gasteiger partial charge in [0, 0.05) is 19.3 Å². The Labute approximate surface area is 467 Å². The van der Waals surface area contributed by atoms with Gasteiger partial charge in [0.2, 0.25) is 0 Å². The Morgan fingerprint density at radius 1 is 0.276 bits per heavy atom. The molecule has 0 aromatic heterocycles. The molecule has 0 bridgehead atoms. The molecule has 0 radical (unpaired) electrons. The van der Waals surface area contributed by atoms with Crippen LogP contribution in [0.3, 0.4) is 0 Å². The van der Waals surface area contributed by atoms with Crippen molar-refractivity contribution in [2.45, 2.75) is 264 Å². The molecule has 0 fully saturated rings. The quantitative estimate of drug-likeness (QED) is 0.0261. The molecule has 76 heavy (non-hydrogen) atoms. The minimum atomic E-state index is -0.825. The molecule has 0 saturated heterocycles. The maximum atomic E-state index is 12.8. The summed E-state index contributed by atoms with van der Waals surface area (Å²) in [6, 6.07) is 0. The van der Waals surface area contributed by atoms with Gasteiger partial charge in [-0.2, -0.15) is 0 Å². The van der Waals surface area contributed by atoms with Crippen LogP contribution in [0.4, 0.5) is 0 Å². The Balaban J connectivity index is 4.24. The SMILES string of the molecule is CC/C=C\C/C=C\C/C=C\C/C=C\C/C=C\C/C=C\C/C=C\CCCCCCCCCCCCCC(=O)OCC(COC(=O)CCCCCCC/C=C\CCCCC)OC(=O)CC/C=C\C/C=C\C/C=C\C/C=C\CC. The molecule has 0 aliphatic rings. The molecule has 0 N–H and O–H groups in total. The third-order valence-corrected chi connectivity index (χ3v) is 12.6. The first-order valence-corrected chi connectivity index (χ1v) is 30.8. The van der Waals surface area contributed by atoms with E-state index in [-0.39, 0.29) is 31.6 Å². The van der Waals surface area contributed by atoms with Crippen LogP contribution in [-0.4, -0.2) is 37.2 Å². The van der Waals surface area contributed by atoms with Crippen molar-refractivity contribution in [2.24, 2.45) is 0 Å². The van der Waals surface area contributed by atoms with E-state index in [1.807, 2.05) is 12.2 Å². The molecule has 428 valence electrons. The molecule has 0 aromatic carbocycles. The van der Waals surface area contributed by atoms with Gasteiger partial charge in [-0.05, 0) is 128 Å². The van der Waals surface area contributed by atoms with Gasteiger partial charge in [-0.25, -0.2) is 0 Å². The highest BCUT2D eigenvalue weighted by atomic mass is 16.6. The molecule has 6 nitrogen and oxygen atoms in total. The molecule has 6 heteroatoms. The Morgan fingerprint density at radius 3 is 0.868 bits per heavy atom. The van der Waals surface area contributed by atoms with E-state index >= 15 is 0 Å². The summed E-state index contributed by atoms with van der Waals surface area (Å²) in [5.74, 6) is -1.01. The van der Waals surface area contributed by atoms with E-state index in [4.69, 9.17) is 14.2 Å². The first-order chi connectivity index (χ1) is 37.5. The van der Waals surface area contributed by atoms with E-state index in [1.165, 1.54) is 89.9 Å². The van der Waals surface area contributed by atoms with E-state index in [0.717, 1.165) is 122 Å². The van der Waals surface area contributed by atoms with Gasteiger partial charge in [0.05, 0.1) is 0 Å². The number of carbonyl (C=O) groups excluding carboxylic acids is 3. The number of hydrogen-bond donors (Lipinski definition) is 0. The second-order valence-corrected chi connectivity index (χ2v) is 19.8. The molecule has 0 spiro atoms. The van der Waals surface area contributed by atoms with Crippen LogP contribution in [0, 0.1) is 0 Å². The maximum Gasteiger partial charge on any atom is 0.306 e. The van der Waals surface area contributed by atoms with Gasteiger partial charge in [-0.1, -0.05) is 256 Å². The lowest BCUT2D eigenvalue weighted by Gasteiger charge is -2.18. The second kappa shape index (κ2) is 62.8. The zero-order valence-electron chi connectivity index (χ0n) is 49.0.